The maximum absolute atomic E-state index is 12.2. The summed E-state index contributed by atoms with van der Waals surface area (Å²) in [4.78, 5) is 14.6. The second-order valence-corrected chi connectivity index (χ2v) is 9.19. The van der Waals surface area contributed by atoms with Gasteiger partial charge in [-0.3, -0.25) is 4.79 Å². The fourth-order valence-corrected chi connectivity index (χ4v) is 5.89. The van der Waals surface area contributed by atoms with Crippen molar-refractivity contribution in [3.63, 3.8) is 0 Å². The molecule has 17 heavy (non-hydrogen) atoms. The normalized spacial score (nSPS) is 29.8. The SMILES string of the molecule is O=C(c1ccc(Br)s1)N1CC2CC1CS2(=O)=O. The van der Waals surface area contributed by atoms with Gasteiger partial charge in [0, 0.05) is 12.6 Å². The van der Waals surface area contributed by atoms with Gasteiger partial charge in [-0.15, -0.1) is 11.3 Å². The smallest absolute Gasteiger partial charge is 0.264 e. The number of thiophene rings is 1. The largest absolute Gasteiger partial charge is 0.333 e. The average molecular weight is 336 g/mol. The third-order valence-electron chi connectivity index (χ3n) is 3.35. The van der Waals surface area contributed by atoms with Crippen LogP contribution in [0.5, 0.6) is 0 Å². The number of hydrogen-bond donors (Lipinski definition) is 0. The molecule has 2 atom stereocenters. The van der Waals surface area contributed by atoms with Crippen LogP contribution >= 0.6 is 27.3 Å². The van der Waals surface area contributed by atoms with Crippen molar-refractivity contribution in [3.05, 3.63) is 20.8 Å². The maximum Gasteiger partial charge on any atom is 0.264 e. The van der Waals surface area contributed by atoms with E-state index in [1.54, 1.807) is 11.0 Å². The number of carbonyl (C=O) groups is 1. The Bertz CT molecular complexity index is 580. The van der Waals surface area contributed by atoms with Gasteiger partial charge in [-0.1, -0.05) is 0 Å². The van der Waals surface area contributed by atoms with Gasteiger partial charge in [0.05, 0.1) is 19.7 Å². The lowest BCUT2D eigenvalue weighted by Crippen LogP contribution is -2.43. The van der Waals surface area contributed by atoms with E-state index >= 15 is 0 Å². The third kappa shape index (κ3) is 1.84. The summed E-state index contributed by atoms with van der Waals surface area (Å²) in [6.07, 6.45) is 0.612. The van der Waals surface area contributed by atoms with E-state index in [0.717, 1.165) is 3.79 Å². The molecule has 2 bridgehead atoms. The van der Waals surface area contributed by atoms with Gasteiger partial charge < -0.3 is 4.90 Å². The van der Waals surface area contributed by atoms with E-state index in [1.165, 1.54) is 11.3 Å². The van der Waals surface area contributed by atoms with Crippen LogP contribution in [0, 0.1) is 0 Å². The quantitative estimate of drug-likeness (QED) is 0.781. The lowest BCUT2D eigenvalue weighted by Gasteiger charge is -2.26. The Morgan fingerprint density at radius 3 is 2.71 bits per heavy atom. The number of hydrogen-bond acceptors (Lipinski definition) is 4. The average Bonchev–Trinajstić information content (AvgIpc) is 2.89. The van der Waals surface area contributed by atoms with Gasteiger partial charge in [0.15, 0.2) is 9.84 Å². The number of rotatable bonds is 1. The standard InChI is InChI=1S/C10H10BrNO3S2/c11-9-2-1-8(16-9)10(13)12-4-7-3-6(12)5-17(7,14)15/h1-2,6-7H,3-5H2. The van der Waals surface area contributed by atoms with Crippen LogP contribution in [0.2, 0.25) is 0 Å². The predicted octanol–water partition coefficient (Wildman–Crippen LogP) is 1.52. The Balaban J connectivity index is 1.83. The van der Waals surface area contributed by atoms with Crippen molar-refractivity contribution in [1.29, 1.82) is 0 Å². The summed E-state index contributed by atoms with van der Waals surface area (Å²) in [5.74, 6) is 0.0961. The minimum atomic E-state index is -2.93. The molecule has 0 radical (unpaired) electrons. The highest BCUT2D eigenvalue weighted by molar-refractivity contribution is 9.11. The topological polar surface area (TPSA) is 54.5 Å². The van der Waals surface area contributed by atoms with E-state index in [-0.39, 0.29) is 23.0 Å². The fourth-order valence-electron chi connectivity index (χ4n) is 2.52. The molecule has 3 rings (SSSR count). The number of fused-ring (bicyclic) bond motifs is 2. The summed E-state index contributed by atoms with van der Waals surface area (Å²) in [5, 5.41) is -0.333. The molecule has 2 unspecified atom stereocenters. The van der Waals surface area contributed by atoms with Gasteiger partial charge >= 0.3 is 0 Å². The van der Waals surface area contributed by atoms with Crippen LogP contribution in [0.25, 0.3) is 0 Å². The van der Waals surface area contributed by atoms with E-state index in [4.69, 9.17) is 0 Å². The van der Waals surface area contributed by atoms with Crippen LogP contribution in [-0.4, -0.2) is 42.8 Å². The zero-order valence-electron chi connectivity index (χ0n) is 8.80. The number of likely N-dealkylation sites (tertiary alicyclic amines) is 1. The molecule has 3 heterocycles. The van der Waals surface area contributed by atoms with Crippen molar-refractivity contribution in [2.75, 3.05) is 12.3 Å². The predicted molar refractivity (Wildman–Crippen MR) is 69.0 cm³/mol. The lowest BCUT2D eigenvalue weighted by molar-refractivity contribution is 0.0751. The van der Waals surface area contributed by atoms with E-state index in [1.807, 2.05) is 6.07 Å². The third-order valence-corrected chi connectivity index (χ3v) is 7.17. The molecule has 0 aromatic carbocycles. The Labute approximate surface area is 112 Å². The second kappa shape index (κ2) is 3.80. The summed E-state index contributed by atoms with van der Waals surface area (Å²) in [6, 6.07) is 3.50. The van der Waals surface area contributed by atoms with Gasteiger partial charge in [0.1, 0.15) is 0 Å². The monoisotopic (exact) mass is 335 g/mol. The number of nitrogens with zero attached hydrogens (tertiary/aromatic N) is 1. The van der Waals surface area contributed by atoms with Crippen LogP contribution in [0.1, 0.15) is 16.1 Å². The first-order valence-electron chi connectivity index (χ1n) is 5.25. The highest BCUT2D eigenvalue weighted by Gasteiger charge is 2.50. The van der Waals surface area contributed by atoms with Crippen molar-refractivity contribution < 1.29 is 13.2 Å². The minimum Gasteiger partial charge on any atom is -0.333 e. The molecule has 1 aromatic heterocycles. The maximum atomic E-state index is 12.2. The van der Waals surface area contributed by atoms with Crippen molar-refractivity contribution in [2.45, 2.75) is 17.7 Å². The molecule has 0 N–H and O–H groups in total. The number of amides is 1. The van der Waals surface area contributed by atoms with Crippen molar-refractivity contribution in [2.24, 2.45) is 0 Å². The Hall–Kier alpha value is -0.400. The van der Waals surface area contributed by atoms with Crippen LogP contribution in [0.15, 0.2) is 15.9 Å². The summed E-state index contributed by atoms with van der Waals surface area (Å²) >= 11 is 4.71. The first kappa shape index (κ1) is 11.7. The van der Waals surface area contributed by atoms with Crippen LogP contribution in [-0.2, 0) is 9.84 Å². The Kier molecular flexibility index (Phi) is 2.61. The molecule has 0 spiro atoms. The molecule has 2 fully saturated rings. The van der Waals surface area contributed by atoms with Crippen LogP contribution in [0.3, 0.4) is 0 Å². The van der Waals surface area contributed by atoms with Crippen LogP contribution in [0.4, 0.5) is 0 Å². The molecule has 2 aliphatic heterocycles. The molecule has 92 valence electrons. The highest BCUT2D eigenvalue weighted by atomic mass is 79.9. The van der Waals surface area contributed by atoms with E-state index in [9.17, 15) is 13.2 Å². The van der Waals surface area contributed by atoms with Crippen molar-refractivity contribution in [1.82, 2.24) is 4.90 Å². The molecule has 7 heteroatoms. The first-order chi connectivity index (χ1) is 7.97. The van der Waals surface area contributed by atoms with E-state index < -0.39 is 9.84 Å². The molecule has 1 amide bonds. The fraction of sp³-hybridized carbons (Fsp3) is 0.500. The van der Waals surface area contributed by atoms with Gasteiger partial charge in [-0.25, -0.2) is 8.42 Å². The lowest BCUT2D eigenvalue weighted by atomic mass is 10.2. The summed E-state index contributed by atoms with van der Waals surface area (Å²) in [5.41, 5.74) is 0. The van der Waals surface area contributed by atoms with Gasteiger partial charge in [-0.2, -0.15) is 0 Å². The molecule has 1 aromatic rings. The molecule has 2 aliphatic rings. The molecule has 0 saturated carbocycles. The Morgan fingerprint density at radius 1 is 1.47 bits per heavy atom. The van der Waals surface area contributed by atoms with Crippen molar-refractivity contribution in [3.8, 4) is 0 Å². The molecular formula is C10H10BrNO3S2. The van der Waals surface area contributed by atoms with Crippen molar-refractivity contribution >= 4 is 43.0 Å². The summed E-state index contributed by atoms with van der Waals surface area (Å²) < 4.78 is 24.1. The van der Waals surface area contributed by atoms with Gasteiger partial charge in [0.25, 0.3) is 5.91 Å². The number of sulfone groups is 1. The van der Waals surface area contributed by atoms with E-state index in [0.29, 0.717) is 17.8 Å². The minimum absolute atomic E-state index is 0.0388. The molecule has 2 saturated heterocycles. The van der Waals surface area contributed by atoms with Crippen LogP contribution < -0.4 is 0 Å². The first-order valence-corrected chi connectivity index (χ1v) is 8.58. The highest BCUT2D eigenvalue weighted by Crippen LogP contribution is 2.35. The second-order valence-electron chi connectivity index (χ2n) is 4.40. The Morgan fingerprint density at radius 2 is 2.24 bits per heavy atom. The zero-order valence-corrected chi connectivity index (χ0v) is 12.0. The zero-order chi connectivity index (χ0) is 12.2. The molecular weight excluding hydrogens is 326 g/mol. The molecule has 4 nitrogen and oxygen atoms in total. The van der Waals surface area contributed by atoms with E-state index in [2.05, 4.69) is 15.9 Å². The van der Waals surface area contributed by atoms with Gasteiger partial charge in [0.2, 0.25) is 0 Å². The number of carbonyl (C=O) groups excluding carboxylic acids is 1. The number of halogens is 1. The van der Waals surface area contributed by atoms with Gasteiger partial charge in [-0.05, 0) is 34.5 Å². The summed E-state index contributed by atoms with van der Waals surface area (Å²) in [6.45, 7) is 0.362. The summed E-state index contributed by atoms with van der Waals surface area (Å²) in [7, 11) is -2.93. The molecule has 0 aliphatic carbocycles.